The smallest absolute Gasteiger partial charge is 0.292 e. The van der Waals surface area contributed by atoms with Crippen molar-refractivity contribution in [1.29, 1.82) is 0 Å². The van der Waals surface area contributed by atoms with E-state index in [1.807, 2.05) is 4.90 Å². The molecule has 0 unspecified atom stereocenters. The fourth-order valence-electron chi connectivity index (χ4n) is 3.27. The molecular weight excluding hydrogens is 308 g/mol. The molecule has 3 heterocycles. The maximum Gasteiger partial charge on any atom is 0.292 e. The lowest BCUT2D eigenvalue weighted by molar-refractivity contribution is 0.0616. The Balaban J connectivity index is 1.73. The van der Waals surface area contributed by atoms with Gasteiger partial charge in [0.2, 0.25) is 0 Å². The molecule has 1 fully saturated rings. The van der Waals surface area contributed by atoms with Gasteiger partial charge in [0.05, 0.1) is 6.26 Å². The molecule has 24 heavy (non-hydrogen) atoms. The van der Waals surface area contributed by atoms with Crippen LogP contribution in [0.5, 0.6) is 0 Å². The zero-order chi connectivity index (χ0) is 17.3. The van der Waals surface area contributed by atoms with Crippen LogP contribution in [0.1, 0.15) is 41.3 Å². The van der Waals surface area contributed by atoms with E-state index in [0.717, 1.165) is 19.5 Å². The molecule has 1 saturated heterocycles. The normalized spacial score (nSPS) is 20.9. The molecule has 2 amide bonds. The van der Waals surface area contributed by atoms with Gasteiger partial charge in [-0.1, -0.05) is 13.8 Å². The average Bonchev–Trinajstić information content (AvgIpc) is 3.16. The van der Waals surface area contributed by atoms with Crippen LogP contribution in [0, 0.1) is 11.8 Å². The van der Waals surface area contributed by atoms with Crippen LogP contribution in [-0.4, -0.2) is 39.6 Å². The number of carbonyl (C=O) groups excluding carboxylic acids is 2. The zero-order valence-electron chi connectivity index (χ0n) is 14.2. The number of amides is 2. The van der Waals surface area contributed by atoms with E-state index in [4.69, 9.17) is 4.42 Å². The molecule has 1 aliphatic rings. The Bertz CT molecular complexity index is 725. The van der Waals surface area contributed by atoms with Crippen molar-refractivity contribution in [2.24, 2.45) is 18.9 Å². The molecule has 7 nitrogen and oxygen atoms in total. The highest BCUT2D eigenvalue weighted by molar-refractivity contribution is 6.02. The Labute approximate surface area is 140 Å². The number of likely N-dealkylation sites (tertiary alicyclic amines) is 1. The van der Waals surface area contributed by atoms with Gasteiger partial charge >= 0.3 is 0 Å². The molecule has 2 atom stereocenters. The van der Waals surface area contributed by atoms with Crippen molar-refractivity contribution in [2.75, 3.05) is 18.4 Å². The van der Waals surface area contributed by atoms with Crippen molar-refractivity contribution in [3.63, 3.8) is 0 Å². The highest BCUT2D eigenvalue weighted by Crippen LogP contribution is 2.23. The molecule has 0 bridgehead atoms. The van der Waals surface area contributed by atoms with Gasteiger partial charge in [-0.3, -0.25) is 14.3 Å². The van der Waals surface area contributed by atoms with Crippen LogP contribution in [-0.2, 0) is 7.05 Å². The van der Waals surface area contributed by atoms with Crippen LogP contribution in [0.3, 0.4) is 0 Å². The van der Waals surface area contributed by atoms with E-state index in [9.17, 15) is 9.59 Å². The van der Waals surface area contributed by atoms with Crippen LogP contribution in [0.2, 0.25) is 0 Å². The fourth-order valence-corrected chi connectivity index (χ4v) is 3.27. The molecule has 2 aromatic heterocycles. The fraction of sp³-hybridized carbons (Fsp3) is 0.471. The predicted molar refractivity (Wildman–Crippen MR) is 88.7 cm³/mol. The average molecular weight is 330 g/mol. The summed E-state index contributed by atoms with van der Waals surface area (Å²) >= 11 is 0. The second-order valence-electron chi connectivity index (χ2n) is 6.63. The number of rotatable bonds is 3. The van der Waals surface area contributed by atoms with Crippen molar-refractivity contribution < 1.29 is 14.0 Å². The minimum atomic E-state index is -0.373. The number of aryl methyl sites for hydroxylation is 1. The quantitative estimate of drug-likeness (QED) is 0.937. The molecule has 0 radical (unpaired) electrons. The first-order valence-corrected chi connectivity index (χ1v) is 8.12. The van der Waals surface area contributed by atoms with E-state index < -0.39 is 0 Å². The molecule has 1 aliphatic heterocycles. The van der Waals surface area contributed by atoms with Crippen molar-refractivity contribution in [3.05, 3.63) is 35.9 Å². The number of furan rings is 1. The van der Waals surface area contributed by atoms with E-state index in [-0.39, 0.29) is 17.6 Å². The van der Waals surface area contributed by atoms with E-state index in [1.165, 1.54) is 10.9 Å². The third-order valence-corrected chi connectivity index (χ3v) is 4.24. The Hall–Kier alpha value is -2.57. The molecule has 3 rings (SSSR count). The lowest BCUT2D eigenvalue weighted by atomic mass is 9.92. The molecule has 0 saturated carbocycles. The molecule has 7 heteroatoms. The highest BCUT2D eigenvalue weighted by atomic mass is 16.3. The third kappa shape index (κ3) is 3.34. The van der Waals surface area contributed by atoms with Gasteiger partial charge in [0.15, 0.2) is 11.5 Å². The number of hydrogen-bond acceptors (Lipinski definition) is 4. The minimum Gasteiger partial charge on any atom is -0.459 e. The van der Waals surface area contributed by atoms with Crippen LogP contribution >= 0.6 is 0 Å². The summed E-state index contributed by atoms with van der Waals surface area (Å²) in [6, 6.07) is 4.83. The molecule has 1 N–H and O–H groups in total. The minimum absolute atomic E-state index is 0.0949. The molecule has 0 aliphatic carbocycles. The summed E-state index contributed by atoms with van der Waals surface area (Å²) in [6.07, 6.45) is 2.57. The van der Waals surface area contributed by atoms with E-state index >= 15 is 0 Å². The Morgan fingerprint density at radius 2 is 2.00 bits per heavy atom. The summed E-state index contributed by atoms with van der Waals surface area (Å²) in [7, 11) is 1.69. The topological polar surface area (TPSA) is 80.4 Å². The summed E-state index contributed by atoms with van der Waals surface area (Å²) in [6.45, 7) is 5.80. The number of aromatic nitrogens is 2. The van der Waals surface area contributed by atoms with Gasteiger partial charge in [0.1, 0.15) is 5.82 Å². The molecule has 128 valence electrons. The van der Waals surface area contributed by atoms with E-state index in [1.54, 1.807) is 25.2 Å². The number of piperidine rings is 1. The van der Waals surface area contributed by atoms with Crippen molar-refractivity contribution >= 4 is 17.6 Å². The lowest BCUT2D eigenvalue weighted by Crippen LogP contribution is -2.42. The summed E-state index contributed by atoms with van der Waals surface area (Å²) < 4.78 is 6.55. The number of hydrogen-bond donors (Lipinski definition) is 1. The van der Waals surface area contributed by atoms with Gasteiger partial charge in [-0.25, -0.2) is 0 Å². The number of anilines is 1. The maximum atomic E-state index is 12.7. The van der Waals surface area contributed by atoms with Crippen LogP contribution < -0.4 is 5.32 Å². The molecular formula is C17H22N4O3. The number of nitrogens with zero attached hydrogens (tertiary/aromatic N) is 3. The Morgan fingerprint density at radius 1 is 1.29 bits per heavy atom. The lowest BCUT2D eigenvalue weighted by Gasteiger charge is -2.34. The Morgan fingerprint density at radius 3 is 2.62 bits per heavy atom. The van der Waals surface area contributed by atoms with Crippen LogP contribution in [0.25, 0.3) is 0 Å². The first kappa shape index (κ1) is 16.3. The predicted octanol–water partition coefficient (Wildman–Crippen LogP) is 2.38. The second-order valence-corrected chi connectivity index (χ2v) is 6.63. The summed E-state index contributed by atoms with van der Waals surface area (Å²) in [5.74, 6) is 1.17. The van der Waals surface area contributed by atoms with Crippen molar-refractivity contribution in [1.82, 2.24) is 14.7 Å². The van der Waals surface area contributed by atoms with Crippen LogP contribution in [0.15, 0.2) is 28.9 Å². The van der Waals surface area contributed by atoms with E-state index in [0.29, 0.717) is 23.3 Å². The van der Waals surface area contributed by atoms with Gasteiger partial charge in [-0.2, -0.15) is 5.10 Å². The number of carbonyl (C=O) groups is 2. The molecule has 0 spiro atoms. The van der Waals surface area contributed by atoms with Crippen molar-refractivity contribution in [2.45, 2.75) is 20.3 Å². The van der Waals surface area contributed by atoms with Gasteiger partial charge in [0.25, 0.3) is 11.8 Å². The summed E-state index contributed by atoms with van der Waals surface area (Å²) in [5, 5.41) is 6.96. The maximum absolute atomic E-state index is 12.7. The zero-order valence-corrected chi connectivity index (χ0v) is 14.2. The first-order valence-electron chi connectivity index (χ1n) is 8.12. The van der Waals surface area contributed by atoms with Crippen molar-refractivity contribution in [3.8, 4) is 0 Å². The van der Waals surface area contributed by atoms with Gasteiger partial charge in [0, 0.05) is 26.2 Å². The summed E-state index contributed by atoms with van der Waals surface area (Å²) in [5.41, 5.74) is 0.341. The first-order chi connectivity index (χ1) is 11.4. The summed E-state index contributed by atoms with van der Waals surface area (Å²) in [4.78, 5) is 26.6. The molecule has 0 aromatic carbocycles. The highest BCUT2D eigenvalue weighted by Gasteiger charge is 2.28. The SMILES string of the molecule is C[C@@H]1C[C@@H](C)CN(C(=O)c2cc(NC(=O)c3ccco3)n(C)n2)C1. The van der Waals surface area contributed by atoms with Gasteiger partial charge in [-0.15, -0.1) is 0 Å². The van der Waals surface area contributed by atoms with Crippen LogP contribution in [0.4, 0.5) is 5.82 Å². The molecule has 2 aromatic rings. The largest absolute Gasteiger partial charge is 0.459 e. The van der Waals surface area contributed by atoms with Gasteiger partial charge < -0.3 is 14.6 Å². The standard InChI is InChI=1S/C17H22N4O3/c1-11-7-12(2)10-21(9-11)17(23)13-8-15(20(3)19-13)18-16(22)14-5-4-6-24-14/h4-6,8,11-12H,7,9-10H2,1-3H3,(H,18,22)/t11-,12-/m1/s1. The van der Waals surface area contributed by atoms with E-state index in [2.05, 4.69) is 24.3 Å². The number of nitrogens with one attached hydrogen (secondary N) is 1. The second kappa shape index (κ2) is 6.51. The Kier molecular flexibility index (Phi) is 4.42. The van der Waals surface area contributed by atoms with Gasteiger partial charge in [-0.05, 0) is 30.4 Å². The third-order valence-electron chi connectivity index (χ3n) is 4.24. The monoisotopic (exact) mass is 330 g/mol.